The van der Waals surface area contributed by atoms with E-state index >= 15 is 0 Å². The highest BCUT2D eigenvalue weighted by Crippen LogP contribution is 2.21. The average molecular weight is 378 g/mol. The SMILES string of the molecule is COc1ccc(C(=O)Nc2ccc(Nc3cc(N(C)C)nc(C)n3)cc2)cn1. The topological polar surface area (TPSA) is 92.3 Å². The molecule has 0 saturated carbocycles. The Bertz CT molecular complexity index is 955. The Morgan fingerprint density at radius 3 is 2.36 bits per heavy atom. The number of aryl methyl sites for hydroxylation is 1. The van der Waals surface area contributed by atoms with Gasteiger partial charge in [-0.1, -0.05) is 0 Å². The van der Waals surface area contributed by atoms with Crippen LogP contribution < -0.4 is 20.3 Å². The third-order valence-electron chi connectivity index (χ3n) is 3.91. The smallest absolute Gasteiger partial charge is 0.257 e. The van der Waals surface area contributed by atoms with E-state index in [4.69, 9.17) is 4.74 Å². The van der Waals surface area contributed by atoms with Crippen LogP contribution in [-0.2, 0) is 0 Å². The van der Waals surface area contributed by atoms with Gasteiger partial charge in [-0.15, -0.1) is 0 Å². The molecular formula is C20H22N6O2. The summed E-state index contributed by atoms with van der Waals surface area (Å²) in [6.07, 6.45) is 1.48. The van der Waals surface area contributed by atoms with Crippen molar-refractivity contribution < 1.29 is 9.53 Å². The summed E-state index contributed by atoms with van der Waals surface area (Å²) in [5.74, 6) is 2.44. The number of aromatic nitrogens is 3. The van der Waals surface area contributed by atoms with Gasteiger partial charge in [0.2, 0.25) is 5.88 Å². The molecule has 3 rings (SSSR count). The van der Waals surface area contributed by atoms with Gasteiger partial charge in [-0.2, -0.15) is 0 Å². The first-order valence-corrected chi connectivity index (χ1v) is 8.66. The average Bonchev–Trinajstić information content (AvgIpc) is 2.69. The number of carbonyl (C=O) groups is 1. The van der Waals surface area contributed by atoms with Gasteiger partial charge in [0, 0.05) is 43.8 Å². The van der Waals surface area contributed by atoms with Crippen LogP contribution in [0.4, 0.5) is 23.0 Å². The van der Waals surface area contributed by atoms with Crippen LogP contribution in [0.2, 0.25) is 0 Å². The van der Waals surface area contributed by atoms with Crippen LogP contribution in [0.15, 0.2) is 48.7 Å². The van der Waals surface area contributed by atoms with E-state index in [1.54, 1.807) is 12.1 Å². The standard InChI is InChI=1S/C20H22N6O2/c1-13-22-17(11-18(23-13)26(2)3)24-15-6-8-16(9-7-15)25-20(27)14-5-10-19(28-4)21-12-14/h5-12H,1-4H3,(H,25,27)(H,22,23,24). The lowest BCUT2D eigenvalue weighted by Gasteiger charge is -2.14. The number of ether oxygens (including phenoxy) is 1. The zero-order valence-corrected chi connectivity index (χ0v) is 16.2. The molecule has 144 valence electrons. The summed E-state index contributed by atoms with van der Waals surface area (Å²) < 4.78 is 5.00. The van der Waals surface area contributed by atoms with E-state index in [0.717, 1.165) is 11.5 Å². The Kier molecular flexibility index (Phi) is 5.69. The van der Waals surface area contributed by atoms with Crippen LogP contribution in [-0.4, -0.2) is 42.1 Å². The van der Waals surface area contributed by atoms with E-state index in [0.29, 0.717) is 28.8 Å². The minimum absolute atomic E-state index is 0.238. The number of anilines is 4. The number of carbonyl (C=O) groups excluding carboxylic acids is 1. The second-order valence-corrected chi connectivity index (χ2v) is 6.30. The fourth-order valence-corrected chi connectivity index (χ4v) is 2.47. The Hall–Kier alpha value is -3.68. The summed E-state index contributed by atoms with van der Waals surface area (Å²) in [5, 5.41) is 6.09. The van der Waals surface area contributed by atoms with Gasteiger partial charge in [0.15, 0.2) is 0 Å². The Morgan fingerprint density at radius 2 is 1.75 bits per heavy atom. The maximum atomic E-state index is 12.3. The molecule has 0 spiro atoms. The zero-order valence-electron chi connectivity index (χ0n) is 16.2. The quantitative estimate of drug-likeness (QED) is 0.680. The summed E-state index contributed by atoms with van der Waals surface area (Å²) in [6, 6.07) is 12.6. The van der Waals surface area contributed by atoms with Crippen LogP contribution in [0.3, 0.4) is 0 Å². The fraction of sp³-hybridized carbons (Fsp3) is 0.200. The summed E-state index contributed by atoms with van der Waals surface area (Å²) >= 11 is 0. The minimum Gasteiger partial charge on any atom is -0.481 e. The molecule has 2 aromatic heterocycles. The van der Waals surface area contributed by atoms with Gasteiger partial charge in [0.05, 0.1) is 12.7 Å². The van der Waals surface area contributed by atoms with Gasteiger partial charge >= 0.3 is 0 Å². The Morgan fingerprint density at radius 1 is 1.04 bits per heavy atom. The number of methoxy groups -OCH3 is 1. The minimum atomic E-state index is -0.238. The van der Waals surface area contributed by atoms with E-state index < -0.39 is 0 Å². The monoisotopic (exact) mass is 378 g/mol. The molecule has 0 aliphatic rings. The highest BCUT2D eigenvalue weighted by atomic mass is 16.5. The summed E-state index contributed by atoms with van der Waals surface area (Å²) in [7, 11) is 5.39. The lowest BCUT2D eigenvalue weighted by atomic mass is 10.2. The maximum absolute atomic E-state index is 12.3. The van der Waals surface area contributed by atoms with Gasteiger partial charge in [-0.05, 0) is 37.3 Å². The van der Waals surface area contributed by atoms with Crippen molar-refractivity contribution in [1.82, 2.24) is 15.0 Å². The molecule has 0 unspecified atom stereocenters. The highest BCUT2D eigenvalue weighted by Gasteiger charge is 2.08. The Labute approximate surface area is 163 Å². The van der Waals surface area contributed by atoms with E-state index in [-0.39, 0.29) is 5.91 Å². The number of rotatable bonds is 6. The number of hydrogen-bond acceptors (Lipinski definition) is 7. The molecule has 0 atom stereocenters. The molecule has 8 heteroatoms. The van der Waals surface area contributed by atoms with Crippen molar-refractivity contribution in [3.8, 4) is 5.88 Å². The van der Waals surface area contributed by atoms with E-state index in [1.807, 2.05) is 56.3 Å². The van der Waals surface area contributed by atoms with Gasteiger partial charge in [0.1, 0.15) is 17.5 Å². The largest absolute Gasteiger partial charge is 0.481 e. The summed E-state index contributed by atoms with van der Waals surface area (Å²) in [5.41, 5.74) is 1.99. The number of amides is 1. The van der Waals surface area contributed by atoms with Crippen molar-refractivity contribution in [2.45, 2.75) is 6.92 Å². The third-order valence-corrected chi connectivity index (χ3v) is 3.91. The maximum Gasteiger partial charge on any atom is 0.257 e. The van der Waals surface area contributed by atoms with Crippen molar-refractivity contribution >= 4 is 28.9 Å². The molecule has 0 radical (unpaired) electrons. The Balaban J connectivity index is 1.67. The van der Waals surface area contributed by atoms with Gasteiger partial charge in [-0.3, -0.25) is 4.79 Å². The van der Waals surface area contributed by atoms with Crippen LogP contribution >= 0.6 is 0 Å². The molecule has 0 bridgehead atoms. The molecule has 8 nitrogen and oxygen atoms in total. The molecule has 2 heterocycles. The number of benzene rings is 1. The van der Waals surface area contributed by atoms with Gasteiger partial charge < -0.3 is 20.3 Å². The number of hydrogen-bond donors (Lipinski definition) is 2. The normalized spacial score (nSPS) is 10.3. The van der Waals surface area contributed by atoms with Crippen LogP contribution in [0.1, 0.15) is 16.2 Å². The highest BCUT2D eigenvalue weighted by molar-refractivity contribution is 6.04. The second-order valence-electron chi connectivity index (χ2n) is 6.30. The van der Waals surface area contributed by atoms with E-state index in [2.05, 4.69) is 25.6 Å². The predicted octanol–water partition coefficient (Wildman–Crippen LogP) is 3.25. The molecule has 0 aliphatic heterocycles. The zero-order chi connectivity index (χ0) is 20.1. The second kappa shape index (κ2) is 8.34. The van der Waals surface area contributed by atoms with Crippen molar-refractivity contribution in [3.05, 3.63) is 60.0 Å². The molecule has 3 aromatic rings. The first-order chi connectivity index (χ1) is 13.4. The number of nitrogens with zero attached hydrogens (tertiary/aromatic N) is 4. The molecule has 0 fully saturated rings. The van der Waals surface area contributed by atoms with Crippen LogP contribution in [0.5, 0.6) is 5.88 Å². The molecule has 1 amide bonds. The molecular weight excluding hydrogens is 356 g/mol. The van der Waals surface area contributed by atoms with Crippen molar-refractivity contribution in [2.24, 2.45) is 0 Å². The lowest BCUT2D eigenvalue weighted by molar-refractivity contribution is 0.102. The summed E-state index contributed by atoms with van der Waals surface area (Å²) in [4.78, 5) is 27.0. The fourth-order valence-electron chi connectivity index (χ4n) is 2.47. The molecule has 0 aliphatic carbocycles. The van der Waals surface area contributed by atoms with Crippen LogP contribution in [0.25, 0.3) is 0 Å². The van der Waals surface area contributed by atoms with Crippen molar-refractivity contribution in [3.63, 3.8) is 0 Å². The predicted molar refractivity (Wildman–Crippen MR) is 110 cm³/mol. The van der Waals surface area contributed by atoms with Gasteiger partial charge in [-0.25, -0.2) is 15.0 Å². The van der Waals surface area contributed by atoms with E-state index in [1.165, 1.54) is 13.3 Å². The lowest BCUT2D eigenvalue weighted by Crippen LogP contribution is -2.12. The van der Waals surface area contributed by atoms with Crippen LogP contribution in [0, 0.1) is 6.92 Å². The van der Waals surface area contributed by atoms with Crippen molar-refractivity contribution in [2.75, 3.05) is 36.7 Å². The first kappa shape index (κ1) is 19.1. The third kappa shape index (κ3) is 4.73. The molecule has 0 saturated heterocycles. The van der Waals surface area contributed by atoms with Crippen molar-refractivity contribution in [1.29, 1.82) is 0 Å². The molecule has 1 aromatic carbocycles. The van der Waals surface area contributed by atoms with E-state index in [9.17, 15) is 4.79 Å². The number of nitrogens with one attached hydrogen (secondary N) is 2. The molecule has 2 N–H and O–H groups in total. The van der Waals surface area contributed by atoms with Gasteiger partial charge in [0.25, 0.3) is 5.91 Å². The molecule has 28 heavy (non-hydrogen) atoms. The summed E-state index contributed by atoms with van der Waals surface area (Å²) in [6.45, 7) is 1.85. The number of pyridine rings is 1. The first-order valence-electron chi connectivity index (χ1n) is 8.66.